The number of nitrogens with zero attached hydrogens (tertiary/aromatic N) is 3. The average molecular weight is 359 g/mol. The Morgan fingerprint density at radius 2 is 2.31 bits per heavy atom. The molecule has 26 heavy (non-hydrogen) atoms. The first-order chi connectivity index (χ1) is 12.5. The number of rotatable bonds is 4. The van der Waals surface area contributed by atoms with Crippen LogP contribution in [0.4, 0.5) is 4.39 Å². The summed E-state index contributed by atoms with van der Waals surface area (Å²) >= 11 is 0. The van der Waals surface area contributed by atoms with Crippen molar-refractivity contribution >= 4 is 5.91 Å². The first-order valence-corrected chi connectivity index (χ1v) is 8.92. The molecule has 1 aromatic heterocycles. The van der Waals surface area contributed by atoms with Crippen LogP contribution >= 0.6 is 0 Å². The average Bonchev–Trinajstić information content (AvgIpc) is 3.28. The number of aryl methyl sites for hydroxylation is 1. The Hall–Kier alpha value is -2.44. The lowest BCUT2D eigenvalue weighted by Crippen LogP contribution is -2.35. The molecule has 0 N–H and O–H groups in total. The normalized spacial score (nSPS) is 24.7. The van der Waals surface area contributed by atoms with Crippen molar-refractivity contribution in [1.82, 2.24) is 15.1 Å². The van der Waals surface area contributed by atoms with Crippen molar-refractivity contribution in [3.8, 4) is 5.75 Å². The van der Waals surface area contributed by atoms with E-state index in [0.29, 0.717) is 36.4 Å². The zero-order valence-electron chi connectivity index (χ0n) is 15.0. The Kier molecular flexibility index (Phi) is 4.17. The van der Waals surface area contributed by atoms with Gasteiger partial charge in [0.25, 0.3) is 0 Å². The number of likely N-dealkylation sites (tertiary alicyclic amines) is 1. The minimum Gasteiger partial charge on any atom is -0.494 e. The molecule has 0 spiro atoms. The van der Waals surface area contributed by atoms with Gasteiger partial charge in [-0.05, 0) is 36.5 Å². The zero-order valence-corrected chi connectivity index (χ0v) is 15.0. The molecule has 4 rings (SSSR count). The summed E-state index contributed by atoms with van der Waals surface area (Å²) in [6.45, 7) is 3.07. The van der Waals surface area contributed by atoms with Crippen LogP contribution < -0.4 is 4.74 Å². The molecular weight excluding hydrogens is 337 g/mol. The van der Waals surface area contributed by atoms with Gasteiger partial charge in [0, 0.05) is 20.0 Å². The maximum absolute atomic E-state index is 13.9. The number of carbonyl (C=O) groups is 1. The lowest BCUT2D eigenvalue weighted by atomic mass is 9.80. The highest BCUT2D eigenvalue weighted by Gasteiger charge is 2.54. The number of halogens is 1. The van der Waals surface area contributed by atoms with Crippen molar-refractivity contribution in [2.75, 3.05) is 20.2 Å². The van der Waals surface area contributed by atoms with Crippen LogP contribution in [0, 0.1) is 18.7 Å². The molecule has 2 aromatic rings. The fraction of sp³-hybridized carbons (Fsp3) is 0.526. The first kappa shape index (κ1) is 17.0. The van der Waals surface area contributed by atoms with Gasteiger partial charge in [0.1, 0.15) is 0 Å². The number of benzene rings is 1. The van der Waals surface area contributed by atoms with Gasteiger partial charge in [0.05, 0.1) is 18.9 Å². The minimum absolute atomic E-state index is 0.000390. The molecule has 0 bridgehead atoms. The van der Waals surface area contributed by atoms with E-state index >= 15 is 0 Å². The SMILES string of the molecule is COc1ccc(CC(=O)N2C[C@@H]3CCC[C@]3(c3nnc(C)o3)C2)cc1F. The van der Waals surface area contributed by atoms with Crippen LogP contribution in [-0.2, 0) is 16.6 Å². The van der Waals surface area contributed by atoms with E-state index in [2.05, 4.69) is 10.2 Å². The van der Waals surface area contributed by atoms with E-state index in [1.807, 2.05) is 4.90 Å². The summed E-state index contributed by atoms with van der Waals surface area (Å²) < 4.78 is 24.5. The number of hydrogen-bond donors (Lipinski definition) is 0. The van der Waals surface area contributed by atoms with Gasteiger partial charge >= 0.3 is 0 Å². The summed E-state index contributed by atoms with van der Waals surface area (Å²) in [4.78, 5) is 14.7. The highest BCUT2D eigenvalue weighted by atomic mass is 19.1. The van der Waals surface area contributed by atoms with Crippen molar-refractivity contribution < 1.29 is 18.3 Å². The molecule has 0 unspecified atom stereocenters. The summed E-state index contributed by atoms with van der Waals surface area (Å²) in [7, 11) is 1.42. The van der Waals surface area contributed by atoms with Gasteiger partial charge in [0.15, 0.2) is 11.6 Å². The molecule has 7 heteroatoms. The number of ether oxygens (including phenoxy) is 1. The molecule has 138 valence electrons. The molecule has 1 aromatic carbocycles. The third kappa shape index (κ3) is 2.75. The monoisotopic (exact) mass is 359 g/mol. The summed E-state index contributed by atoms with van der Waals surface area (Å²) in [5, 5.41) is 8.23. The van der Waals surface area contributed by atoms with Crippen LogP contribution in [0.15, 0.2) is 22.6 Å². The molecule has 6 nitrogen and oxygen atoms in total. The molecule has 1 saturated heterocycles. The molecule has 2 fully saturated rings. The second-order valence-corrected chi connectivity index (χ2v) is 7.29. The van der Waals surface area contributed by atoms with Crippen molar-refractivity contribution in [3.05, 3.63) is 41.4 Å². The van der Waals surface area contributed by atoms with Crippen LogP contribution in [0.5, 0.6) is 5.75 Å². The van der Waals surface area contributed by atoms with Crippen LogP contribution in [0.1, 0.15) is 36.6 Å². The van der Waals surface area contributed by atoms with E-state index in [0.717, 1.165) is 19.3 Å². The van der Waals surface area contributed by atoms with E-state index in [1.165, 1.54) is 13.2 Å². The molecule has 0 radical (unpaired) electrons. The van der Waals surface area contributed by atoms with Crippen LogP contribution in [-0.4, -0.2) is 41.2 Å². The lowest BCUT2D eigenvalue weighted by Gasteiger charge is -2.24. The lowest BCUT2D eigenvalue weighted by molar-refractivity contribution is -0.129. The maximum atomic E-state index is 13.9. The van der Waals surface area contributed by atoms with E-state index in [4.69, 9.17) is 9.15 Å². The largest absolute Gasteiger partial charge is 0.494 e. The number of hydrogen-bond acceptors (Lipinski definition) is 5. The first-order valence-electron chi connectivity index (χ1n) is 8.92. The second-order valence-electron chi connectivity index (χ2n) is 7.29. The Morgan fingerprint density at radius 3 is 3.00 bits per heavy atom. The van der Waals surface area contributed by atoms with Gasteiger partial charge in [-0.3, -0.25) is 4.79 Å². The molecule has 2 aliphatic rings. The van der Waals surface area contributed by atoms with Crippen molar-refractivity contribution in [2.24, 2.45) is 5.92 Å². The van der Waals surface area contributed by atoms with Gasteiger partial charge in [-0.25, -0.2) is 4.39 Å². The smallest absolute Gasteiger partial charge is 0.227 e. The number of fused-ring (bicyclic) bond motifs is 1. The Balaban J connectivity index is 1.51. The molecule has 1 saturated carbocycles. The highest BCUT2D eigenvalue weighted by molar-refractivity contribution is 5.79. The summed E-state index contributed by atoms with van der Waals surface area (Å²) in [5.41, 5.74) is 0.426. The molecular formula is C19H22FN3O3. The van der Waals surface area contributed by atoms with Crippen LogP contribution in [0.3, 0.4) is 0 Å². The van der Waals surface area contributed by atoms with E-state index in [1.54, 1.807) is 19.1 Å². The van der Waals surface area contributed by atoms with Crippen molar-refractivity contribution in [1.29, 1.82) is 0 Å². The number of aromatic nitrogens is 2. The van der Waals surface area contributed by atoms with Gasteiger partial charge in [-0.2, -0.15) is 0 Å². The van der Waals surface area contributed by atoms with Gasteiger partial charge in [-0.1, -0.05) is 12.5 Å². The van der Waals surface area contributed by atoms with Gasteiger partial charge < -0.3 is 14.1 Å². The van der Waals surface area contributed by atoms with E-state index in [9.17, 15) is 9.18 Å². The van der Waals surface area contributed by atoms with Gasteiger partial charge in [-0.15, -0.1) is 10.2 Å². The van der Waals surface area contributed by atoms with Gasteiger partial charge in [0.2, 0.25) is 17.7 Å². The zero-order chi connectivity index (χ0) is 18.3. The van der Waals surface area contributed by atoms with Crippen molar-refractivity contribution in [2.45, 2.75) is 38.0 Å². The second kappa shape index (κ2) is 6.37. The molecule has 2 atom stereocenters. The predicted octanol–water partition coefficient (Wildman–Crippen LogP) is 2.65. The topological polar surface area (TPSA) is 68.5 Å². The van der Waals surface area contributed by atoms with Crippen molar-refractivity contribution in [3.63, 3.8) is 0 Å². The highest BCUT2D eigenvalue weighted by Crippen LogP contribution is 2.50. The summed E-state index contributed by atoms with van der Waals surface area (Å²) in [6, 6.07) is 4.65. The van der Waals surface area contributed by atoms with Crippen LogP contribution in [0.2, 0.25) is 0 Å². The fourth-order valence-corrected chi connectivity index (χ4v) is 4.43. The van der Waals surface area contributed by atoms with E-state index < -0.39 is 5.82 Å². The molecule has 1 amide bonds. The predicted molar refractivity (Wildman–Crippen MR) is 91.3 cm³/mol. The Bertz CT molecular complexity index is 837. The quantitative estimate of drug-likeness (QED) is 0.839. The summed E-state index contributed by atoms with van der Waals surface area (Å²) in [6.07, 6.45) is 3.30. The Labute approximate surface area is 151 Å². The number of methoxy groups -OCH3 is 1. The number of amides is 1. The number of carbonyl (C=O) groups excluding carboxylic acids is 1. The van der Waals surface area contributed by atoms with Crippen LogP contribution in [0.25, 0.3) is 0 Å². The van der Waals surface area contributed by atoms with E-state index in [-0.39, 0.29) is 23.5 Å². The minimum atomic E-state index is -0.450. The molecule has 2 heterocycles. The third-order valence-corrected chi connectivity index (χ3v) is 5.75. The Morgan fingerprint density at radius 1 is 1.46 bits per heavy atom. The molecule has 1 aliphatic carbocycles. The third-order valence-electron chi connectivity index (χ3n) is 5.75. The fourth-order valence-electron chi connectivity index (χ4n) is 4.43. The standard InChI is InChI=1S/C19H22FN3O3/c1-12-21-22-18(26-12)19-7-3-4-14(19)10-23(11-19)17(24)9-13-5-6-16(25-2)15(20)8-13/h5-6,8,14H,3-4,7,9-11H2,1-2H3/t14-,19-/m0/s1. The molecule has 1 aliphatic heterocycles. The summed E-state index contributed by atoms with van der Waals surface area (Å²) in [5.74, 6) is 1.29. The maximum Gasteiger partial charge on any atom is 0.227 e.